The Kier molecular flexibility index (Phi) is 1.26. The first kappa shape index (κ1) is 5.64. The van der Waals surface area contributed by atoms with Crippen LogP contribution in [0.25, 0.3) is 0 Å². The molecule has 10 heavy (non-hydrogen) atoms. The predicted molar refractivity (Wildman–Crippen MR) is 34.6 cm³/mol. The molecule has 1 aromatic rings. The molecule has 0 saturated carbocycles. The summed E-state index contributed by atoms with van der Waals surface area (Å²) in [4.78, 5) is 2.10. The standard InChI is InChI=1S/C5H8N5/c1-2-4-10(3-1)5-6-8-9-7-5/h1-4H2/q-1. The van der Waals surface area contributed by atoms with Crippen molar-refractivity contribution in [3.63, 3.8) is 0 Å². The zero-order chi connectivity index (χ0) is 6.81. The summed E-state index contributed by atoms with van der Waals surface area (Å²) in [6, 6.07) is 0. The Balaban J connectivity index is 2.12. The Labute approximate surface area is 58.4 Å². The summed E-state index contributed by atoms with van der Waals surface area (Å²) in [5.41, 5.74) is 0. The van der Waals surface area contributed by atoms with E-state index in [0.29, 0.717) is 5.95 Å². The normalized spacial score (nSPS) is 18.2. The Morgan fingerprint density at radius 1 is 1.30 bits per heavy atom. The van der Waals surface area contributed by atoms with Crippen LogP contribution in [0.15, 0.2) is 0 Å². The molecule has 0 radical (unpaired) electrons. The van der Waals surface area contributed by atoms with Gasteiger partial charge in [-0.25, -0.2) is 5.10 Å². The van der Waals surface area contributed by atoms with Gasteiger partial charge in [-0.15, -0.1) is 5.21 Å². The minimum absolute atomic E-state index is 0.678. The van der Waals surface area contributed by atoms with Gasteiger partial charge in [-0.05, 0) is 25.9 Å². The van der Waals surface area contributed by atoms with Gasteiger partial charge in [0.1, 0.15) is 0 Å². The van der Waals surface area contributed by atoms with Gasteiger partial charge in [0.2, 0.25) is 0 Å². The predicted octanol–water partition coefficient (Wildman–Crippen LogP) is -0.571. The Hall–Kier alpha value is -1.13. The minimum Gasteiger partial charge on any atom is -0.403 e. The summed E-state index contributed by atoms with van der Waals surface area (Å²) in [5.74, 6) is 0.678. The Morgan fingerprint density at radius 2 is 2.10 bits per heavy atom. The number of anilines is 1. The van der Waals surface area contributed by atoms with Crippen molar-refractivity contribution in [2.24, 2.45) is 0 Å². The van der Waals surface area contributed by atoms with E-state index in [2.05, 4.69) is 25.5 Å². The van der Waals surface area contributed by atoms with Crippen LogP contribution in [-0.4, -0.2) is 28.6 Å². The van der Waals surface area contributed by atoms with E-state index in [1.54, 1.807) is 0 Å². The molecule has 0 N–H and O–H groups in total. The second-order valence-corrected chi connectivity index (χ2v) is 2.37. The molecular weight excluding hydrogens is 130 g/mol. The largest absolute Gasteiger partial charge is 0.403 e. The van der Waals surface area contributed by atoms with Gasteiger partial charge in [0, 0.05) is 0 Å². The first-order chi connectivity index (χ1) is 4.97. The van der Waals surface area contributed by atoms with Gasteiger partial charge in [-0.2, -0.15) is 5.21 Å². The van der Waals surface area contributed by atoms with Crippen molar-refractivity contribution < 1.29 is 0 Å². The molecule has 54 valence electrons. The summed E-state index contributed by atoms with van der Waals surface area (Å²) in [7, 11) is 0. The molecule has 0 unspecified atom stereocenters. The summed E-state index contributed by atoms with van der Waals surface area (Å²) in [6.07, 6.45) is 2.46. The van der Waals surface area contributed by atoms with E-state index < -0.39 is 0 Å². The highest BCUT2D eigenvalue weighted by Crippen LogP contribution is 2.11. The molecular formula is C5H8N5-. The molecule has 5 nitrogen and oxygen atoms in total. The van der Waals surface area contributed by atoms with E-state index in [-0.39, 0.29) is 0 Å². The summed E-state index contributed by atoms with van der Waals surface area (Å²) < 4.78 is 0. The lowest BCUT2D eigenvalue weighted by molar-refractivity contribution is 0.870. The maximum absolute atomic E-state index is 3.75. The number of tetrazole rings is 1. The number of rotatable bonds is 1. The molecule has 0 aliphatic carbocycles. The Bertz CT molecular complexity index is 188. The minimum atomic E-state index is 0.678. The third kappa shape index (κ3) is 0.832. The van der Waals surface area contributed by atoms with Crippen molar-refractivity contribution >= 4 is 5.95 Å². The second kappa shape index (κ2) is 2.24. The average Bonchev–Trinajstić information content (AvgIpc) is 2.59. The molecule has 1 aromatic heterocycles. The molecule has 0 bridgehead atoms. The third-order valence-electron chi connectivity index (χ3n) is 1.70. The number of nitrogens with zero attached hydrogens (tertiary/aromatic N) is 5. The van der Waals surface area contributed by atoms with E-state index in [1.807, 2.05) is 0 Å². The molecule has 1 fully saturated rings. The number of aromatic nitrogens is 4. The average molecular weight is 138 g/mol. The smallest absolute Gasteiger partial charge is 0.0979 e. The highest BCUT2D eigenvalue weighted by molar-refractivity contribution is 5.26. The second-order valence-electron chi connectivity index (χ2n) is 2.37. The first-order valence-electron chi connectivity index (χ1n) is 3.40. The number of hydrogen-bond donors (Lipinski definition) is 0. The van der Waals surface area contributed by atoms with Gasteiger partial charge in [0.25, 0.3) is 0 Å². The first-order valence-corrected chi connectivity index (χ1v) is 3.40. The maximum Gasteiger partial charge on any atom is 0.0979 e. The quantitative estimate of drug-likeness (QED) is 0.520. The molecule has 2 heterocycles. The summed E-state index contributed by atoms with van der Waals surface area (Å²) in [5, 5.41) is 14.3. The molecule has 1 aliphatic rings. The zero-order valence-electron chi connectivity index (χ0n) is 5.56. The van der Waals surface area contributed by atoms with Crippen molar-refractivity contribution in [1.29, 1.82) is 0 Å². The molecule has 0 atom stereocenters. The number of hydrogen-bond acceptors (Lipinski definition) is 4. The molecule has 0 spiro atoms. The van der Waals surface area contributed by atoms with Crippen LogP contribution in [0.1, 0.15) is 12.8 Å². The lowest BCUT2D eigenvalue weighted by Crippen LogP contribution is -2.19. The molecule has 1 saturated heterocycles. The van der Waals surface area contributed by atoms with Gasteiger partial charge in [0.05, 0.1) is 5.95 Å². The van der Waals surface area contributed by atoms with Crippen molar-refractivity contribution in [2.75, 3.05) is 18.0 Å². The highest BCUT2D eigenvalue weighted by Gasteiger charge is 2.08. The lowest BCUT2D eigenvalue weighted by Gasteiger charge is -2.17. The molecule has 0 amide bonds. The third-order valence-corrected chi connectivity index (χ3v) is 1.70. The van der Waals surface area contributed by atoms with E-state index in [4.69, 9.17) is 0 Å². The van der Waals surface area contributed by atoms with E-state index >= 15 is 0 Å². The van der Waals surface area contributed by atoms with Crippen molar-refractivity contribution in [1.82, 2.24) is 20.6 Å². The molecule has 0 aromatic carbocycles. The van der Waals surface area contributed by atoms with Crippen molar-refractivity contribution in [2.45, 2.75) is 12.8 Å². The molecule has 2 rings (SSSR count). The van der Waals surface area contributed by atoms with E-state index in [9.17, 15) is 0 Å². The van der Waals surface area contributed by atoms with Crippen molar-refractivity contribution in [3.8, 4) is 0 Å². The summed E-state index contributed by atoms with van der Waals surface area (Å²) in [6.45, 7) is 2.10. The SMILES string of the molecule is C1CCN(c2nnn[n-]2)C1. The van der Waals surface area contributed by atoms with Crippen LogP contribution in [0.5, 0.6) is 0 Å². The Morgan fingerprint density at radius 3 is 2.70 bits per heavy atom. The van der Waals surface area contributed by atoms with Crippen LogP contribution in [0.2, 0.25) is 0 Å². The van der Waals surface area contributed by atoms with Crippen LogP contribution in [-0.2, 0) is 0 Å². The fourth-order valence-electron chi connectivity index (χ4n) is 1.18. The van der Waals surface area contributed by atoms with E-state index in [1.165, 1.54) is 12.8 Å². The molecule has 5 heteroatoms. The van der Waals surface area contributed by atoms with Gasteiger partial charge in [-0.3, -0.25) is 5.10 Å². The van der Waals surface area contributed by atoms with Crippen LogP contribution >= 0.6 is 0 Å². The zero-order valence-corrected chi connectivity index (χ0v) is 5.56. The van der Waals surface area contributed by atoms with Gasteiger partial charge in [0.15, 0.2) is 0 Å². The molecule has 1 aliphatic heterocycles. The van der Waals surface area contributed by atoms with Gasteiger partial charge in [-0.1, -0.05) is 0 Å². The fourth-order valence-corrected chi connectivity index (χ4v) is 1.18. The maximum atomic E-state index is 3.75. The van der Waals surface area contributed by atoms with E-state index in [0.717, 1.165) is 13.1 Å². The van der Waals surface area contributed by atoms with Gasteiger partial charge >= 0.3 is 0 Å². The summed E-state index contributed by atoms with van der Waals surface area (Å²) >= 11 is 0. The van der Waals surface area contributed by atoms with Crippen LogP contribution in [0.4, 0.5) is 5.95 Å². The van der Waals surface area contributed by atoms with Crippen LogP contribution in [0, 0.1) is 0 Å². The van der Waals surface area contributed by atoms with Gasteiger partial charge < -0.3 is 4.90 Å². The van der Waals surface area contributed by atoms with Crippen LogP contribution in [0.3, 0.4) is 0 Å². The topological polar surface area (TPSA) is 56.0 Å². The fraction of sp³-hybridized carbons (Fsp3) is 0.800. The van der Waals surface area contributed by atoms with Crippen molar-refractivity contribution in [3.05, 3.63) is 0 Å². The highest BCUT2D eigenvalue weighted by atomic mass is 15.5. The lowest BCUT2D eigenvalue weighted by atomic mass is 10.4. The van der Waals surface area contributed by atoms with Crippen LogP contribution < -0.4 is 10.00 Å². The monoisotopic (exact) mass is 138 g/mol.